The Bertz CT molecular complexity index is 433. The number of nitrogens with one attached hydrogen (secondary N) is 1. The van der Waals surface area contributed by atoms with Crippen LogP contribution in [0.5, 0.6) is 0 Å². The third-order valence-electron chi connectivity index (χ3n) is 3.68. The van der Waals surface area contributed by atoms with E-state index in [0.29, 0.717) is 11.5 Å². The normalized spacial score (nSPS) is 16.7. The van der Waals surface area contributed by atoms with E-state index in [1.807, 2.05) is 11.9 Å². The standard InChI is InChI=1S/C15H21FN2O/c1-11-7-13(9-14(16)8-11)15(19)18-5-3-12(4-6-18)10-17-2/h7-9,12,17H,3-6,10H2,1-2H3. The molecule has 104 valence electrons. The van der Waals surface area contributed by atoms with Gasteiger partial charge in [0.25, 0.3) is 5.91 Å². The van der Waals surface area contributed by atoms with Crippen LogP contribution in [-0.2, 0) is 0 Å². The van der Waals surface area contributed by atoms with Gasteiger partial charge in [-0.15, -0.1) is 0 Å². The van der Waals surface area contributed by atoms with Gasteiger partial charge in [-0.3, -0.25) is 4.79 Å². The predicted molar refractivity (Wildman–Crippen MR) is 73.7 cm³/mol. The highest BCUT2D eigenvalue weighted by molar-refractivity contribution is 5.94. The molecule has 19 heavy (non-hydrogen) atoms. The zero-order valence-electron chi connectivity index (χ0n) is 11.6. The quantitative estimate of drug-likeness (QED) is 0.907. The Labute approximate surface area is 113 Å². The van der Waals surface area contributed by atoms with Crippen molar-refractivity contribution in [3.8, 4) is 0 Å². The van der Waals surface area contributed by atoms with E-state index in [9.17, 15) is 9.18 Å². The van der Waals surface area contributed by atoms with Crippen molar-refractivity contribution in [1.82, 2.24) is 10.2 Å². The Kier molecular flexibility index (Phi) is 4.53. The lowest BCUT2D eigenvalue weighted by Gasteiger charge is -2.32. The Hall–Kier alpha value is -1.42. The zero-order chi connectivity index (χ0) is 13.8. The Morgan fingerprint density at radius 1 is 1.37 bits per heavy atom. The molecule has 2 rings (SSSR count). The number of carbonyl (C=O) groups excluding carboxylic acids is 1. The monoisotopic (exact) mass is 264 g/mol. The summed E-state index contributed by atoms with van der Waals surface area (Å²) in [7, 11) is 1.95. The Balaban J connectivity index is 2.01. The average Bonchev–Trinajstić information content (AvgIpc) is 2.38. The first-order valence-corrected chi connectivity index (χ1v) is 6.81. The fourth-order valence-electron chi connectivity index (χ4n) is 2.67. The van der Waals surface area contributed by atoms with Crippen LogP contribution in [0.15, 0.2) is 18.2 Å². The molecule has 1 heterocycles. The topological polar surface area (TPSA) is 32.3 Å². The number of likely N-dealkylation sites (tertiary alicyclic amines) is 1. The molecular weight excluding hydrogens is 243 g/mol. The molecule has 1 aliphatic heterocycles. The maximum absolute atomic E-state index is 13.3. The third kappa shape index (κ3) is 3.53. The van der Waals surface area contributed by atoms with Gasteiger partial charge in [0.15, 0.2) is 0 Å². The van der Waals surface area contributed by atoms with Gasteiger partial charge in [0.2, 0.25) is 0 Å². The van der Waals surface area contributed by atoms with Gasteiger partial charge in [0.05, 0.1) is 0 Å². The Morgan fingerprint density at radius 2 is 2.05 bits per heavy atom. The van der Waals surface area contributed by atoms with Crippen molar-refractivity contribution in [2.45, 2.75) is 19.8 Å². The molecule has 0 radical (unpaired) electrons. The molecule has 3 nitrogen and oxygen atoms in total. The number of hydrogen-bond acceptors (Lipinski definition) is 2. The van der Waals surface area contributed by atoms with Crippen molar-refractivity contribution < 1.29 is 9.18 Å². The second-order valence-corrected chi connectivity index (χ2v) is 5.31. The van der Waals surface area contributed by atoms with Gasteiger partial charge in [0, 0.05) is 18.7 Å². The van der Waals surface area contributed by atoms with Crippen molar-refractivity contribution in [3.63, 3.8) is 0 Å². The van der Waals surface area contributed by atoms with E-state index in [0.717, 1.165) is 38.0 Å². The third-order valence-corrected chi connectivity index (χ3v) is 3.68. The van der Waals surface area contributed by atoms with Crippen molar-refractivity contribution in [1.29, 1.82) is 0 Å². The number of halogens is 1. The smallest absolute Gasteiger partial charge is 0.253 e. The van der Waals surface area contributed by atoms with Crippen LogP contribution >= 0.6 is 0 Å². The van der Waals surface area contributed by atoms with E-state index in [1.165, 1.54) is 12.1 Å². The zero-order valence-corrected chi connectivity index (χ0v) is 11.6. The van der Waals surface area contributed by atoms with E-state index in [-0.39, 0.29) is 11.7 Å². The molecule has 1 aromatic rings. The van der Waals surface area contributed by atoms with Gasteiger partial charge in [0.1, 0.15) is 5.82 Å². The van der Waals surface area contributed by atoms with Crippen LogP contribution in [-0.4, -0.2) is 37.5 Å². The van der Waals surface area contributed by atoms with Crippen molar-refractivity contribution in [2.75, 3.05) is 26.7 Å². The minimum Gasteiger partial charge on any atom is -0.339 e. The number of aryl methyl sites for hydroxylation is 1. The fraction of sp³-hybridized carbons (Fsp3) is 0.533. The lowest BCUT2D eigenvalue weighted by molar-refractivity contribution is 0.0690. The Morgan fingerprint density at radius 3 is 2.63 bits per heavy atom. The molecular formula is C15H21FN2O. The first-order chi connectivity index (χ1) is 9.10. The SMILES string of the molecule is CNCC1CCN(C(=O)c2cc(C)cc(F)c2)CC1. The number of hydrogen-bond donors (Lipinski definition) is 1. The lowest BCUT2D eigenvalue weighted by atomic mass is 9.96. The molecule has 4 heteroatoms. The number of carbonyl (C=O) groups is 1. The van der Waals surface area contributed by atoms with Crippen LogP contribution in [0.2, 0.25) is 0 Å². The summed E-state index contributed by atoms with van der Waals surface area (Å²) in [5.41, 5.74) is 1.25. The van der Waals surface area contributed by atoms with Gasteiger partial charge in [-0.25, -0.2) is 4.39 Å². The molecule has 0 atom stereocenters. The molecule has 1 amide bonds. The summed E-state index contributed by atoms with van der Waals surface area (Å²) in [6, 6.07) is 4.52. The van der Waals surface area contributed by atoms with Crippen LogP contribution in [0, 0.1) is 18.7 Å². The summed E-state index contributed by atoms with van der Waals surface area (Å²) in [6.07, 6.45) is 2.03. The van der Waals surface area contributed by atoms with E-state index < -0.39 is 0 Å². The van der Waals surface area contributed by atoms with Crippen molar-refractivity contribution >= 4 is 5.91 Å². The largest absolute Gasteiger partial charge is 0.339 e. The van der Waals surface area contributed by atoms with E-state index in [4.69, 9.17) is 0 Å². The maximum Gasteiger partial charge on any atom is 0.253 e. The van der Waals surface area contributed by atoms with Crippen molar-refractivity contribution in [3.05, 3.63) is 35.1 Å². The highest BCUT2D eigenvalue weighted by Gasteiger charge is 2.23. The summed E-state index contributed by atoms with van der Waals surface area (Å²) < 4.78 is 13.3. The molecule has 0 saturated carbocycles. The summed E-state index contributed by atoms with van der Waals surface area (Å²) in [5, 5.41) is 3.18. The number of amides is 1. The van der Waals surface area contributed by atoms with Crippen LogP contribution in [0.1, 0.15) is 28.8 Å². The van der Waals surface area contributed by atoms with Gasteiger partial charge < -0.3 is 10.2 Å². The molecule has 1 N–H and O–H groups in total. The van der Waals surface area contributed by atoms with Crippen LogP contribution < -0.4 is 5.32 Å². The van der Waals surface area contributed by atoms with Gasteiger partial charge in [-0.1, -0.05) is 0 Å². The number of rotatable bonds is 3. The fourth-order valence-corrected chi connectivity index (χ4v) is 2.67. The minimum absolute atomic E-state index is 0.0505. The molecule has 1 saturated heterocycles. The highest BCUT2D eigenvalue weighted by atomic mass is 19.1. The number of nitrogens with zero attached hydrogens (tertiary/aromatic N) is 1. The highest BCUT2D eigenvalue weighted by Crippen LogP contribution is 2.19. The van der Waals surface area contributed by atoms with Crippen LogP contribution in [0.4, 0.5) is 4.39 Å². The van der Waals surface area contributed by atoms with Crippen molar-refractivity contribution in [2.24, 2.45) is 5.92 Å². The maximum atomic E-state index is 13.3. The molecule has 1 aromatic carbocycles. The van der Waals surface area contributed by atoms with Gasteiger partial charge in [-0.2, -0.15) is 0 Å². The first kappa shape index (κ1) is 14.0. The molecule has 0 unspecified atom stereocenters. The van der Waals surface area contributed by atoms with E-state index in [1.54, 1.807) is 13.0 Å². The molecule has 0 aromatic heterocycles. The molecule has 1 fully saturated rings. The average molecular weight is 264 g/mol. The summed E-state index contributed by atoms with van der Waals surface area (Å²) in [5.74, 6) is 0.252. The lowest BCUT2D eigenvalue weighted by Crippen LogP contribution is -2.40. The molecule has 0 spiro atoms. The summed E-state index contributed by atoms with van der Waals surface area (Å²) in [4.78, 5) is 14.1. The second kappa shape index (κ2) is 6.15. The van der Waals surface area contributed by atoms with Gasteiger partial charge in [-0.05, 0) is 63.0 Å². The summed E-state index contributed by atoms with van der Waals surface area (Å²) in [6.45, 7) is 4.33. The molecule has 1 aliphatic rings. The molecule has 0 aliphatic carbocycles. The van der Waals surface area contributed by atoms with Crippen LogP contribution in [0.3, 0.4) is 0 Å². The number of piperidine rings is 1. The molecule has 0 bridgehead atoms. The van der Waals surface area contributed by atoms with Gasteiger partial charge >= 0.3 is 0 Å². The minimum atomic E-state index is -0.339. The van der Waals surface area contributed by atoms with E-state index in [2.05, 4.69) is 5.32 Å². The second-order valence-electron chi connectivity index (χ2n) is 5.31. The summed E-state index contributed by atoms with van der Waals surface area (Å²) >= 11 is 0. The first-order valence-electron chi connectivity index (χ1n) is 6.81. The predicted octanol–water partition coefficient (Wildman–Crippen LogP) is 2.21. The number of benzene rings is 1. The van der Waals surface area contributed by atoms with Crippen LogP contribution in [0.25, 0.3) is 0 Å². The van der Waals surface area contributed by atoms with E-state index >= 15 is 0 Å².